The van der Waals surface area contributed by atoms with Crippen LogP contribution in [-0.4, -0.2) is 58.9 Å². The van der Waals surface area contributed by atoms with Crippen LogP contribution in [0.2, 0.25) is 4.34 Å². The number of thiophene rings is 1. The van der Waals surface area contributed by atoms with E-state index in [2.05, 4.69) is 0 Å². The molecule has 8 heteroatoms. The zero-order valence-electron chi connectivity index (χ0n) is 9.84. The first-order valence-electron chi connectivity index (χ1n) is 5.56. The number of hydrogen-bond acceptors (Lipinski definition) is 4. The van der Waals surface area contributed by atoms with Crippen molar-refractivity contribution in [1.82, 2.24) is 9.80 Å². The van der Waals surface area contributed by atoms with E-state index in [1.807, 2.05) is 0 Å². The summed E-state index contributed by atoms with van der Waals surface area (Å²) in [5, 5.41) is 8.61. The molecule has 1 fully saturated rings. The van der Waals surface area contributed by atoms with Gasteiger partial charge in [0.2, 0.25) is 0 Å². The van der Waals surface area contributed by atoms with E-state index in [0.717, 1.165) is 0 Å². The lowest BCUT2D eigenvalue weighted by molar-refractivity contribution is -0.156. The van der Waals surface area contributed by atoms with Crippen molar-refractivity contribution in [2.75, 3.05) is 26.2 Å². The quantitative estimate of drug-likeness (QED) is 0.777. The monoisotopic (exact) mass is 302 g/mol. The van der Waals surface area contributed by atoms with Crippen molar-refractivity contribution >= 4 is 40.7 Å². The van der Waals surface area contributed by atoms with E-state index in [4.69, 9.17) is 16.7 Å². The van der Waals surface area contributed by atoms with Crippen molar-refractivity contribution in [1.29, 1.82) is 0 Å². The van der Waals surface area contributed by atoms with Crippen molar-refractivity contribution in [3.8, 4) is 0 Å². The summed E-state index contributed by atoms with van der Waals surface area (Å²) in [6.45, 7) is 1.12. The molecular weight excluding hydrogens is 292 g/mol. The van der Waals surface area contributed by atoms with Gasteiger partial charge in [-0.25, -0.2) is 4.79 Å². The highest BCUT2D eigenvalue weighted by Gasteiger charge is 2.28. The third-order valence-electron chi connectivity index (χ3n) is 2.82. The van der Waals surface area contributed by atoms with Gasteiger partial charge in [-0.05, 0) is 12.1 Å². The van der Waals surface area contributed by atoms with E-state index in [1.54, 1.807) is 17.0 Å². The summed E-state index contributed by atoms with van der Waals surface area (Å²) >= 11 is 6.97. The normalized spacial score (nSPS) is 15.4. The third kappa shape index (κ3) is 3.05. The molecular formula is C11H11ClN2O4S. The minimum absolute atomic E-state index is 0.140. The fraction of sp³-hybridized carbons (Fsp3) is 0.364. The molecule has 2 rings (SSSR count). The Balaban J connectivity index is 1.95. The lowest BCUT2D eigenvalue weighted by Gasteiger charge is -2.33. The van der Waals surface area contributed by atoms with Crippen LogP contribution in [0.5, 0.6) is 0 Å². The van der Waals surface area contributed by atoms with E-state index < -0.39 is 11.9 Å². The van der Waals surface area contributed by atoms with Crippen molar-refractivity contribution in [3.05, 3.63) is 21.3 Å². The summed E-state index contributed by atoms with van der Waals surface area (Å²) in [5.41, 5.74) is 0. The van der Waals surface area contributed by atoms with Gasteiger partial charge in [0.25, 0.3) is 5.91 Å². The summed E-state index contributed by atoms with van der Waals surface area (Å²) < 4.78 is 0.544. The number of hydrogen-bond donors (Lipinski definition) is 1. The van der Waals surface area contributed by atoms with Gasteiger partial charge in [-0.2, -0.15) is 0 Å². The van der Waals surface area contributed by atoms with Crippen molar-refractivity contribution in [2.45, 2.75) is 0 Å². The lowest BCUT2D eigenvalue weighted by Crippen LogP contribution is -2.52. The number of amides is 2. The maximum atomic E-state index is 12.1. The van der Waals surface area contributed by atoms with Gasteiger partial charge in [0.05, 0.1) is 9.21 Å². The number of carbonyl (C=O) groups is 3. The first-order chi connectivity index (χ1) is 8.99. The molecule has 0 atom stereocenters. The van der Waals surface area contributed by atoms with E-state index in [-0.39, 0.29) is 19.0 Å². The molecule has 1 aliphatic rings. The van der Waals surface area contributed by atoms with Crippen LogP contribution in [0.1, 0.15) is 9.67 Å². The molecule has 1 N–H and O–H groups in total. The number of carbonyl (C=O) groups excluding carboxylic acids is 2. The molecule has 0 saturated carbocycles. The zero-order valence-corrected chi connectivity index (χ0v) is 11.4. The highest BCUT2D eigenvalue weighted by atomic mass is 35.5. The van der Waals surface area contributed by atoms with Crippen LogP contribution in [0.15, 0.2) is 12.1 Å². The van der Waals surface area contributed by atoms with Crippen LogP contribution in [0.4, 0.5) is 0 Å². The molecule has 2 amide bonds. The minimum Gasteiger partial charge on any atom is -0.474 e. The van der Waals surface area contributed by atoms with Crippen LogP contribution in [0, 0.1) is 0 Å². The molecule has 1 saturated heterocycles. The molecule has 0 aliphatic carbocycles. The topological polar surface area (TPSA) is 77.9 Å². The molecule has 102 valence electrons. The first kappa shape index (κ1) is 13.8. The number of piperazine rings is 1. The van der Waals surface area contributed by atoms with Crippen molar-refractivity contribution in [3.63, 3.8) is 0 Å². The average Bonchev–Trinajstić information content (AvgIpc) is 2.84. The molecule has 0 bridgehead atoms. The highest BCUT2D eigenvalue weighted by molar-refractivity contribution is 7.17. The Hall–Kier alpha value is -1.60. The molecule has 1 aromatic heterocycles. The van der Waals surface area contributed by atoms with Gasteiger partial charge in [0.15, 0.2) is 0 Å². The Labute approximate surface area is 118 Å². The minimum atomic E-state index is -1.47. The van der Waals surface area contributed by atoms with Gasteiger partial charge in [-0.15, -0.1) is 11.3 Å². The summed E-state index contributed by atoms with van der Waals surface area (Å²) in [7, 11) is 0. The van der Waals surface area contributed by atoms with E-state index in [9.17, 15) is 14.4 Å². The first-order valence-corrected chi connectivity index (χ1v) is 6.75. The summed E-state index contributed by atoms with van der Waals surface area (Å²) in [5.74, 6) is -2.53. The number of rotatable bonds is 1. The van der Waals surface area contributed by atoms with Gasteiger partial charge in [-0.3, -0.25) is 9.59 Å². The van der Waals surface area contributed by atoms with Crippen LogP contribution in [-0.2, 0) is 9.59 Å². The van der Waals surface area contributed by atoms with Gasteiger partial charge in [0, 0.05) is 26.2 Å². The smallest absolute Gasteiger partial charge is 0.394 e. The van der Waals surface area contributed by atoms with Gasteiger partial charge in [-0.1, -0.05) is 11.6 Å². The molecule has 0 unspecified atom stereocenters. The fourth-order valence-corrected chi connectivity index (χ4v) is 2.84. The van der Waals surface area contributed by atoms with E-state index in [1.165, 1.54) is 16.2 Å². The van der Waals surface area contributed by atoms with E-state index in [0.29, 0.717) is 22.3 Å². The predicted molar refractivity (Wildman–Crippen MR) is 69.4 cm³/mol. The number of aliphatic carboxylic acids is 1. The SMILES string of the molecule is O=C(O)C(=O)N1CCN(C(=O)c2ccc(Cl)s2)CC1. The Morgan fingerprint density at radius 1 is 1.11 bits per heavy atom. The Morgan fingerprint density at radius 2 is 1.68 bits per heavy atom. The Kier molecular flexibility index (Phi) is 4.06. The molecule has 0 radical (unpaired) electrons. The van der Waals surface area contributed by atoms with Crippen LogP contribution in [0.3, 0.4) is 0 Å². The van der Waals surface area contributed by atoms with Crippen LogP contribution in [0.25, 0.3) is 0 Å². The van der Waals surface area contributed by atoms with E-state index >= 15 is 0 Å². The molecule has 0 spiro atoms. The number of halogens is 1. The van der Waals surface area contributed by atoms with Gasteiger partial charge in [0.1, 0.15) is 0 Å². The molecule has 2 heterocycles. The second kappa shape index (κ2) is 5.58. The number of carboxylic acids is 1. The van der Waals surface area contributed by atoms with Gasteiger partial charge >= 0.3 is 11.9 Å². The standard InChI is InChI=1S/C11H11ClN2O4S/c12-8-2-1-7(19-8)9(15)13-3-5-14(6-4-13)10(16)11(17)18/h1-2H,3-6H2,(H,17,18). The molecule has 0 aromatic carbocycles. The largest absolute Gasteiger partial charge is 0.474 e. The predicted octanol–water partition coefficient (Wildman–Crippen LogP) is 0.770. The second-order valence-electron chi connectivity index (χ2n) is 3.99. The molecule has 6 nitrogen and oxygen atoms in total. The second-order valence-corrected chi connectivity index (χ2v) is 5.71. The van der Waals surface area contributed by atoms with Gasteiger partial charge < -0.3 is 14.9 Å². The average molecular weight is 303 g/mol. The van der Waals surface area contributed by atoms with Crippen molar-refractivity contribution in [2.24, 2.45) is 0 Å². The highest BCUT2D eigenvalue weighted by Crippen LogP contribution is 2.23. The van der Waals surface area contributed by atoms with Crippen LogP contribution >= 0.6 is 22.9 Å². The summed E-state index contributed by atoms with van der Waals surface area (Å²) in [4.78, 5) is 37.3. The van der Waals surface area contributed by atoms with Crippen LogP contribution < -0.4 is 0 Å². The third-order valence-corrected chi connectivity index (χ3v) is 4.04. The molecule has 1 aliphatic heterocycles. The number of carboxylic acid groups (broad SMARTS) is 1. The molecule has 19 heavy (non-hydrogen) atoms. The Morgan fingerprint density at radius 3 is 2.16 bits per heavy atom. The zero-order chi connectivity index (χ0) is 14.0. The fourth-order valence-electron chi connectivity index (χ4n) is 1.83. The maximum Gasteiger partial charge on any atom is 0.394 e. The molecule has 1 aromatic rings. The summed E-state index contributed by atoms with van der Waals surface area (Å²) in [6.07, 6.45) is 0. The Bertz CT molecular complexity index is 523. The summed E-state index contributed by atoms with van der Waals surface area (Å²) in [6, 6.07) is 3.31. The van der Waals surface area contributed by atoms with Crippen molar-refractivity contribution < 1.29 is 19.5 Å². The lowest BCUT2D eigenvalue weighted by atomic mass is 10.3. The number of nitrogens with zero attached hydrogens (tertiary/aromatic N) is 2. The maximum absolute atomic E-state index is 12.1.